The highest BCUT2D eigenvalue weighted by Crippen LogP contribution is 2.54. The van der Waals surface area contributed by atoms with Crippen LogP contribution in [0.15, 0.2) is 69.8 Å². The van der Waals surface area contributed by atoms with Crippen LogP contribution < -0.4 is 5.73 Å². The van der Waals surface area contributed by atoms with Crippen molar-refractivity contribution in [3.63, 3.8) is 0 Å². The molecular weight excluding hydrogens is 374 g/mol. The van der Waals surface area contributed by atoms with Crippen LogP contribution in [0.3, 0.4) is 0 Å². The summed E-state index contributed by atoms with van der Waals surface area (Å²) < 4.78 is 5.89. The van der Waals surface area contributed by atoms with E-state index in [-0.39, 0.29) is 17.2 Å². The number of hydrogen-bond acceptors (Lipinski definition) is 6. The van der Waals surface area contributed by atoms with E-state index in [1.807, 2.05) is 43.3 Å². The summed E-state index contributed by atoms with van der Waals surface area (Å²) in [6.07, 6.45) is 2.00. The molecule has 1 aromatic heterocycles. The Morgan fingerprint density at radius 3 is 2.47 bits per heavy atom. The van der Waals surface area contributed by atoms with E-state index in [9.17, 15) is 15.8 Å². The molecule has 2 N–H and O–H groups in total. The number of hydrogen-bond donors (Lipinski definition) is 1. The van der Waals surface area contributed by atoms with E-state index in [4.69, 9.17) is 10.2 Å². The monoisotopic (exact) mass is 395 g/mol. The van der Waals surface area contributed by atoms with E-state index < -0.39 is 11.3 Å². The topological polar surface area (TPSA) is 114 Å². The third-order valence-electron chi connectivity index (χ3n) is 6.06. The zero-order valence-electron chi connectivity index (χ0n) is 16.7. The van der Waals surface area contributed by atoms with Gasteiger partial charge >= 0.3 is 0 Å². The highest BCUT2D eigenvalue weighted by molar-refractivity contribution is 5.58. The molecule has 0 saturated heterocycles. The molecule has 6 nitrogen and oxygen atoms in total. The fraction of sp³-hybridized carbons (Fsp3) is 0.292. The summed E-state index contributed by atoms with van der Waals surface area (Å²) in [6.45, 7) is 3.81. The van der Waals surface area contributed by atoms with Crippen LogP contribution in [0.4, 0.5) is 0 Å². The second kappa shape index (κ2) is 7.56. The Balaban J connectivity index is 1.83. The first kappa shape index (κ1) is 19.5. The Hall–Kier alpha value is -3.79. The highest BCUT2D eigenvalue weighted by Gasteiger charge is 2.55. The van der Waals surface area contributed by atoms with E-state index in [0.717, 1.165) is 12.1 Å². The molecule has 1 aliphatic heterocycles. The number of nitrogens with two attached hydrogens (primary N) is 1. The first-order valence-corrected chi connectivity index (χ1v) is 9.80. The van der Waals surface area contributed by atoms with Gasteiger partial charge in [0.1, 0.15) is 17.6 Å². The first-order chi connectivity index (χ1) is 14.5. The molecule has 0 radical (unpaired) electrons. The molecule has 2 aromatic rings. The van der Waals surface area contributed by atoms with Gasteiger partial charge in [0, 0.05) is 25.6 Å². The van der Waals surface area contributed by atoms with Crippen molar-refractivity contribution in [3.05, 3.63) is 82.5 Å². The molecule has 0 saturated carbocycles. The van der Waals surface area contributed by atoms with E-state index in [0.29, 0.717) is 24.6 Å². The molecule has 6 heteroatoms. The lowest BCUT2D eigenvalue weighted by molar-refractivity contribution is 0.187. The lowest BCUT2D eigenvalue weighted by Gasteiger charge is -2.44. The summed E-state index contributed by atoms with van der Waals surface area (Å²) in [5.41, 5.74) is 6.90. The molecular formula is C24H21N5O. The van der Waals surface area contributed by atoms with Crippen molar-refractivity contribution in [2.45, 2.75) is 19.4 Å². The molecule has 0 spiro atoms. The maximum atomic E-state index is 10.1. The van der Waals surface area contributed by atoms with Crippen LogP contribution in [0, 0.1) is 52.2 Å². The average Bonchev–Trinajstić information content (AvgIpc) is 3.19. The minimum Gasteiger partial charge on any atom is -0.466 e. The van der Waals surface area contributed by atoms with Crippen LogP contribution in [-0.2, 0) is 6.54 Å². The summed E-state index contributed by atoms with van der Waals surface area (Å²) in [7, 11) is 0. The Bertz CT molecular complexity index is 1140. The van der Waals surface area contributed by atoms with Crippen LogP contribution in [0.5, 0.6) is 0 Å². The molecule has 1 aliphatic carbocycles. The van der Waals surface area contributed by atoms with Gasteiger partial charge in [-0.25, -0.2) is 0 Å². The predicted molar refractivity (Wildman–Crippen MR) is 110 cm³/mol. The lowest BCUT2D eigenvalue weighted by Crippen LogP contribution is -2.47. The van der Waals surface area contributed by atoms with Crippen molar-refractivity contribution >= 4 is 0 Å². The quantitative estimate of drug-likeness (QED) is 0.850. The summed E-state index contributed by atoms with van der Waals surface area (Å²) in [6, 6.07) is 20.2. The molecule has 30 heavy (non-hydrogen) atoms. The Morgan fingerprint density at radius 1 is 1.13 bits per heavy atom. The number of nitrogens with zero attached hydrogens (tertiary/aromatic N) is 4. The van der Waals surface area contributed by atoms with Gasteiger partial charge in [-0.05, 0) is 30.2 Å². The minimum absolute atomic E-state index is 0.0214. The SMILES string of the molecule is Cc1ccc(C2C3CN(Cc4ccccc4)CC=C3C(C#N)=C(N)C2(C#N)C#N)o1. The summed E-state index contributed by atoms with van der Waals surface area (Å²) >= 11 is 0. The van der Waals surface area contributed by atoms with Crippen LogP contribution in [0.1, 0.15) is 23.0 Å². The summed E-state index contributed by atoms with van der Waals surface area (Å²) in [5.74, 6) is 0.399. The number of rotatable bonds is 3. The first-order valence-electron chi connectivity index (χ1n) is 9.80. The largest absolute Gasteiger partial charge is 0.466 e. The molecule has 0 fully saturated rings. The van der Waals surface area contributed by atoms with Crippen molar-refractivity contribution in [2.24, 2.45) is 17.1 Å². The zero-order valence-corrected chi connectivity index (χ0v) is 16.7. The highest BCUT2D eigenvalue weighted by atomic mass is 16.3. The van der Waals surface area contributed by atoms with Crippen LogP contribution in [0.25, 0.3) is 0 Å². The third-order valence-corrected chi connectivity index (χ3v) is 6.06. The van der Waals surface area contributed by atoms with Crippen molar-refractivity contribution in [1.29, 1.82) is 15.8 Å². The van der Waals surface area contributed by atoms with Crippen LogP contribution in [-0.4, -0.2) is 18.0 Å². The third kappa shape index (κ3) is 2.98. The van der Waals surface area contributed by atoms with Gasteiger partial charge in [0.2, 0.25) is 0 Å². The lowest BCUT2D eigenvalue weighted by atomic mass is 9.59. The van der Waals surface area contributed by atoms with Crippen molar-refractivity contribution < 1.29 is 4.42 Å². The zero-order chi connectivity index (χ0) is 21.3. The van der Waals surface area contributed by atoms with Crippen LogP contribution in [0.2, 0.25) is 0 Å². The number of allylic oxidation sites excluding steroid dienone is 2. The van der Waals surface area contributed by atoms with Gasteiger partial charge in [-0.2, -0.15) is 15.8 Å². The average molecular weight is 395 g/mol. The van der Waals surface area contributed by atoms with Crippen molar-refractivity contribution in [1.82, 2.24) is 4.90 Å². The Morgan fingerprint density at radius 2 is 1.87 bits per heavy atom. The number of fused-ring (bicyclic) bond motifs is 1. The van der Waals surface area contributed by atoms with Gasteiger partial charge in [0.15, 0.2) is 5.41 Å². The summed E-state index contributed by atoms with van der Waals surface area (Å²) in [4.78, 5) is 2.25. The van der Waals surface area contributed by atoms with Crippen LogP contribution >= 0.6 is 0 Å². The maximum absolute atomic E-state index is 10.1. The predicted octanol–water partition coefficient (Wildman–Crippen LogP) is 3.51. The normalized spacial score (nSPS) is 22.9. The molecule has 148 valence electrons. The molecule has 2 atom stereocenters. The molecule has 0 amide bonds. The number of aryl methyl sites for hydroxylation is 1. The number of furan rings is 1. The Kier molecular flexibility index (Phi) is 4.92. The molecule has 1 aromatic carbocycles. The second-order valence-electron chi connectivity index (χ2n) is 7.80. The Labute approximate surface area is 175 Å². The molecule has 2 unspecified atom stereocenters. The second-order valence-corrected chi connectivity index (χ2v) is 7.80. The molecule has 4 rings (SSSR count). The smallest absolute Gasteiger partial charge is 0.194 e. The van der Waals surface area contributed by atoms with Crippen molar-refractivity contribution in [2.75, 3.05) is 13.1 Å². The van der Waals surface area contributed by atoms with Crippen molar-refractivity contribution in [3.8, 4) is 18.2 Å². The number of nitriles is 3. The minimum atomic E-state index is -1.66. The molecule has 0 bridgehead atoms. The van der Waals surface area contributed by atoms with E-state index >= 15 is 0 Å². The van der Waals surface area contributed by atoms with Gasteiger partial charge < -0.3 is 10.2 Å². The van der Waals surface area contributed by atoms with Gasteiger partial charge in [0.25, 0.3) is 0 Å². The van der Waals surface area contributed by atoms with E-state index in [1.165, 1.54) is 5.56 Å². The molecule has 2 heterocycles. The summed E-state index contributed by atoms with van der Waals surface area (Å²) in [5, 5.41) is 30.0. The fourth-order valence-electron chi connectivity index (χ4n) is 4.64. The maximum Gasteiger partial charge on any atom is 0.194 e. The van der Waals surface area contributed by atoms with Gasteiger partial charge in [-0.1, -0.05) is 36.4 Å². The standard InChI is InChI=1S/C24H21N5O/c1-16-7-8-21(30-16)22-20-13-29(12-17-5-3-2-4-6-17)10-9-18(20)19(11-25)23(28)24(22,14-26)15-27/h2-9,20,22H,10,12-13,28H2,1H3. The number of benzene rings is 1. The van der Waals surface area contributed by atoms with Gasteiger partial charge in [0.05, 0.1) is 29.3 Å². The van der Waals surface area contributed by atoms with Gasteiger partial charge in [-0.15, -0.1) is 0 Å². The van der Waals surface area contributed by atoms with E-state index in [2.05, 4.69) is 35.2 Å². The molecule has 2 aliphatic rings. The fourth-order valence-corrected chi connectivity index (χ4v) is 4.64. The van der Waals surface area contributed by atoms with E-state index in [1.54, 1.807) is 0 Å². The van der Waals surface area contributed by atoms with Gasteiger partial charge in [-0.3, -0.25) is 4.90 Å².